The van der Waals surface area contributed by atoms with Crippen molar-refractivity contribution < 1.29 is 4.74 Å². The van der Waals surface area contributed by atoms with Crippen LogP contribution < -0.4 is 15.8 Å². The van der Waals surface area contributed by atoms with Crippen molar-refractivity contribution in [1.29, 1.82) is 0 Å². The van der Waals surface area contributed by atoms with Crippen LogP contribution in [-0.2, 0) is 0 Å². The summed E-state index contributed by atoms with van der Waals surface area (Å²) in [5.74, 6) is 0.706. The molecule has 106 valence electrons. The fourth-order valence-corrected chi connectivity index (χ4v) is 2.23. The number of ether oxygens (including phenoxy) is 1. The van der Waals surface area contributed by atoms with Gasteiger partial charge in [0.05, 0.1) is 11.8 Å². The second-order valence-electron chi connectivity index (χ2n) is 4.96. The van der Waals surface area contributed by atoms with Gasteiger partial charge in [-0.15, -0.1) is 0 Å². The SMILES string of the molecule is Cc1c(Br)cccc1Nc1ccc(N)c(OC(C)C)c1. The van der Waals surface area contributed by atoms with Gasteiger partial charge in [0.15, 0.2) is 0 Å². The van der Waals surface area contributed by atoms with Crippen LogP contribution in [0, 0.1) is 6.92 Å². The number of hydrogen-bond donors (Lipinski definition) is 2. The minimum Gasteiger partial charge on any atom is -0.489 e. The summed E-state index contributed by atoms with van der Waals surface area (Å²) >= 11 is 3.53. The van der Waals surface area contributed by atoms with Gasteiger partial charge in [-0.2, -0.15) is 0 Å². The van der Waals surface area contributed by atoms with E-state index in [0.29, 0.717) is 11.4 Å². The molecule has 0 aliphatic heterocycles. The number of anilines is 3. The molecule has 0 aromatic heterocycles. The quantitative estimate of drug-likeness (QED) is 0.784. The van der Waals surface area contributed by atoms with E-state index in [4.69, 9.17) is 10.5 Å². The Morgan fingerprint density at radius 2 is 1.95 bits per heavy atom. The first-order valence-corrected chi connectivity index (χ1v) is 7.35. The van der Waals surface area contributed by atoms with Gasteiger partial charge in [0, 0.05) is 21.9 Å². The predicted octanol–water partition coefficient (Wildman–Crippen LogP) is 4.87. The first-order chi connectivity index (χ1) is 9.47. The van der Waals surface area contributed by atoms with Gasteiger partial charge in [0.1, 0.15) is 5.75 Å². The molecular weight excluding hydrogens is 316 g/mol. The van der Waals surface area contributed by atoms with Crippen molar-refractivity contribution in [1.82, 2.24) is 0 Å². The van der Waals surface area contributed by atoms with Crippen LogP contribution in [0.2, 0.25) is 0 Å². The number of hydrogen-bond acceptors (Lipinski definition) is 3. The molecule has 3 N–H and O–H groups in total. The molecule has 0 saturated heterocycles. The second-order valence-corrected chi connectivity index (χ2v) is 5.81. The molecule has 0 saturated carbocycles. The van der Waals surface area contributed by atoms with Crippen LogP contribution in [0.4, 0.5) is 17.1 Å². The predicted molar refractivity (Wildman–Crippen MR) is 88.8 cm³/mol. The number of nitrogens with two attached hydrogens (primary N) is 1. The Bertz CT molecular complexity index is 611. The highest BCUT2D eigenvalue weighted by molar-refractivity contribution is 9.10. The number of benzene rings is 2. The van der Waals surface area contributed by atoms with Crippen molar-refractivity contribution in [2.75, 3.05) is 11.1 Å². The second kappa shape index (κ2) is 6.18. The number of halogens is 1. The number of nitrogen functional groups attached to an aromatic ring is 1. The van der Waals surface area contributed by atoms with Crippen molar-refractivity contribution in [3.63, 3.8) is 0 Å². The lowest BCUT2D eigenvalue weighted by Crippen LogP contribution is -2.07. The van der Waals surface area contributed by atoms with Gasteiger partial charge < -0.3 is 15.8 Å². The van der Waals surface area contributed by atoms with Crippen LogP contribution >= 0.6 is 15.9 Å². The summed E-state index contributed by atoms with van der Waals surface area (Å²) in [6.07, 6.45) is 0.0974. The molecule has 2 aromatic carbocycles. The molecule has 0 amide bonds. The van der Waals surface area contributed by atoms with Gasteiger partial charge >= 0.3 is 0 Å². The highest BCUT2D eigenvalue weighted by atomic mass is 79.9. The lowest BCUT2D eigenvalue weighted by Gasteiger charge is -2.15. The van der Waals surface area contributed by atoms with Crippen molar-refractivity contribution in [2.24, 2.45) is 0 Å². The first kappa shape index (κ1) is 14.7. The zero-order valence-corrected chi connectivity index (χ0v) is 13.5. The zero-order chi connectivity index (χ0) is 14.7. The van der Waals surface area contributed by atoms with Gasteiger partial charge in [-0.3, -0.25) is 0 Å². The molecule has 2 aromatic rings. The van der Waals surface area contributed by atoms with Crippen LogP contribution in [0.1, 0.15) is 19.4 Å². The molecule has 0 spiro atoms. The van der Waals surface area contributed by atoms with E-state index in [1.54, 1.807) is 0 Å². The van der Waals surface area contributed by atoms with Crippen LogP contribution in [-0.4, -0.2) is 6.10 Å². The van der Waals surface area contributed by atoms with Crippen LogP contribution in [0.25, 0.3) is 0 Å². The minimum atomic E-state index is 0.0974. The number of rotatable bonds is 4. The largest absolute Gasteiger partial charge is 0.489 e. The van der Waals surface area contributed by atoms with Crippen molar-refractivity contribution >= 4 is 33.0 Å². The third-order valence-electron chi connectivity index (χ3n) is 2.92. The van der Waals surface area contributed by atoms with E-state index in [-0.39, 0.29) is 6.10 Å². The first-order valence-electron chi connectivity index (χ1n) is 6.55. The van der Waals surface area contributed by atoms with E-state index >= 15 is 0 Å². The maximum absolute atomic E-state index is 5.92. The third kappa shape index (κ3) is 3.45. The molecule has 0 heterocycles. The summed E-state index contributed by atoms with van der Waals surface area (Å²) in [6.45, 7) is 6.03. The molecular formula is C16H19BrN2O. The molecule has 20 heavy (non-hydrogen) atoms. The van der Waals surface area contributed by atoms with Crippen molar-refractivity contribution in [3.8, 4) is 5.75 Å². The normalized spacial score (nSPS) is 10.7. The zero-order valence-electron chi connectivity index (χ0n) is 11.9. The Kier molecular flexibility index (Phi) is 4.55. The summed E-state index contributed by atoms with van der Waals surface area (Å²) in [4.78, 5) is 0. The van der Waals surface area contributed by atoms with Gasteiger partial charge in [-0.05, 0) is 50.6 Å². The molecule has 0 bridgehead atoms. The fraction of sp³-hybridized carbons (Fsp3) is 0.250. The Morgan fingerprint density at radius 3 is 2.65 bits per heavy atom. The molecule has 0 radical (unpaired) electrons. The standard InChI is InChI=1S/C16H19BrN2O/c1-10(2)20-16-9-12(7-8-14(16)18)19-15-6-4-5-13(17)11(15)3/h4-10,19H,18H2,1-3H3. The third-order valence-corrected chi connectivity index (χ3v) is 3.78. The fourth-order valence-electron chi connectivity index (χ4n) is 1.87. The lowest BCUT2D eigenvalue weighted by molar-refractivity contribution is 0.244. The summed E-state index contributed by atoms with van der Waals surface area (Å²) in [5.41, 5.74) is 9.75. The average Bonchev–Trinajstić information content (AvgIpc) is 2.38. The lowest BCUT2D eigenvalue weighted by atomic mass is 10.2. The highest BCUT2D eigenvalue weighted by Gasteiger charge is 2.06. The molecule has 3 nitrogen and oxygen atoms in total. The van der Waals surface area contributed by atoms with Gasteiger partial charge in [0.2, 0.25) is 0 Å². The number of nitrogens with one attached hydrogen (secondary N) is 1. The van der Waals surface area contributed by atoms with Crippen LogP contribution in [0.3, 0.4) is 0 Å². The van der Waals surface area contributed by atoms with E-state index in [0.717, 1.165) is 21.4 Å². The molecule has 0 unspecified atom stereocenters. The monoisotopic (exact) mass is 334 g/mol. The summed E-state index contributed by atoms with van der Waals surface area (Å²) in [6, 6.07) is 11.8. The molecule has 0 atom stereocenters. The molecule has 0 aliphatic carbocycles. The highest BCUT2D eigenvalue weighted by Crippen LogP contribution is 2.31. The Morgan fingerprint density at radius 1 is 1.20 bits per heavy atom. The maximum atomic E-state index is 5.92. The summed E-state index contributed by atoms with van der Waals surface area (Å²) in [7, 11) is 0. The molecule has 2 rings (SSSR count). The van der Waals surface area contributed by atoms with Crippen molar-refractivity contribution in [2.45, 2.75) is 26.9 Å². The van der Waals surface area contributed by atoms with Crippen molar-refractivity contribution in [3.05, 3.63) is 46.4 Å². The van der Waals surface area contributed by atoms with E-state index < -0.39 is 0 Å². The summed E-state index contributed by atoms with van der Waals surface area (Å²) < 4.78 is 6.78. The average molecular weight is 335 g/mol. The maximum Gasteiger partial charge on any atom is 0.144 e. The van der Waals surface area contributed by atoms with E-state index in [1.807, 2.05) is 50.2 Å². The van der Waals surface area contributed by atoms with E-state index in [2.05, 4.69) is 28.2 Å². The summed E-state index contributed by atoms with van der Waals surface area (Å²) in [5, 5.41) is 3.39. The van der Waals surface area contributed by atoms with E-state index in [1.165, 1.54) is 0 Å². The van der Waals surface area contributed by atoms with Gasteiger partial charge in [0.25, 0.3) is 0 Å². The Hall–Kier alpha value is -1.68. The topological polar surface area (TPSA) is 47.3 Å². The minimum absolute atomic E-state index is 0.0974. The molecule has 4 heteroatoms. The van der Waals surface area contributed by atoms with Crippen LogP contribution in [0.5, 0.6) is 5.75 Å². The molecule has 0 aliphatic rings. The van der Waals surface area contributed by atoms with E-state index in [9.17, 15) is 0 Å². The Labute approximate surface area is 128 Å². The van der Waals surface area contributed by atoms with Crippen LogP contribution in [0.15, 0.2) is 40.9 Å². The van der Waals surface area contributed by atoms with Gasteiger partial charge in [-0.25, -0.2) is 0 Å². The molecule has 0 fully saturated rings. The smallest absolute Gasteiger partial charge is 0.144 e. The Balaban J connectivity index is 2.27. The van der Waals surface area contributed by atoms with Gasteiger partial charge in [-0.1, -0.05) is 22.0 Å².